The fourth-order valence-corrected chi connectivity index (χ4v) is 5.17. The number of hydrogen-bond acceptors (Lipinski definition) is 4. The van der Waals surface area contributed by atoms with Crippen LogP contribution in [0, 0.1) is 5.92 Å². The Labute approximate surface area is 176 Å². The molecule has 4 unspecified atom stereocenters. The highest BCUT2D eigenvalue weighted by Gasteiger charge is 2.47. The fourth-order valence-electron chi connectivity index (χ4n) is 4.90. The number of rotatable bonds is 4. The first kappa shape index (κ1) is 20.4. The Morgan fingerprint density at radius 2 is 2.14 bits per heavy atom. The van der Waals surface area contributed by atoms with E-state index in [0.29, 0.717) is 56.0 Å². The van der Waals surface area contributed by atoms with Crippen molar-refractivity contribution < 1.29 is 14.3 Å². The predicted molar refractivity (Wildman–Crippen MR) is 112 cm³/mol. The fraction of sp³-hybridized carbons (Fsp3) is 0.545. The van der Waals surface area contributed by atoms with Crippen LogP contribution in [0.5, 0.6) is 0 Å². The molecule has 6 nitrogen and oxygen atoms in total. The number of likely N-dealkylation sites (tertiary alicyclic amines) is 1. The van der Waals surface area contributed by atoms with Gasteiger partial charge in [-0.3, -0.25) is 9.59 Å². The molecule has 156 valence electrons. The lowest BCUT2D eigenvalue weighted by molar-refractivity contribution is -0.137. The summed E-state index contributed by atoms with van der Waals surface area (Å²) in [5, 5.41) is 3.92. The summed E-state index contributed by atoms with van der Waals surface area (Å²) in [5.41, 5.74) is 1.61. The Morgan fingerprint density at radius 3 is 2.83 bits per heavy atom. The molecule has 4 atom stereocenters. The molecular formula is C22H28ClN3O3. The number of nitrogens with zero attached hydrogens (tertiary/aromatic N) is 2. The van der Waals surface area contributed by atoms with Gasteiger partial charge in [0.1, 0.15) is 0 Å². The van der Waals surface area contributed by atoms with E-state index >= 15 is 0 Å². The highest BCUT2D eigenvalue weighted by Crippen LogP contribution is 2.40. The van der Waals surface area contributed by atoms with Gasteiger partial charge in [0.05, 0.1) is 29.8 Å². The summed E-state index contributed by atoms with van der Waals surface area (Å²) in [6.45, 7) is 9.40. The molecule has 3 fully saturated rings. The van der Waals surface area contributed by atoms with E-state index in [-0.39, 0.29) is 29.7 Å². The molecule has 0 saturated carbocycles. The van der Waals surface area contributed by atoms with Crippen LogP contribution >= 0.6 is 11.6 Å². The van der Waals surface area contributed by atoms with Gasteiger partial charge in [0.2, 0.25) is 5.91 Å². The van der Waals surface area contributed by atoms with Crippen LogP contribution in [0.3, 0.4) is 0 Å². The molecule has 1 aromatic rings. The van der Waals surface area contributed by atoms with E-state index in [2.05, 4.69) is 18.8 Å². The van der Waals surface area contributed by atoms with Crippen LogP contribution in [0.1, 0.15) is 35.2 Å². The molecule has 3 aliphatic heterocycles. The van der Waals surface area contributed by atoms with Crippen LogP contribution in [0.15, 0.2) is 30.9 Å². The van der Waals surface area contributed by atoms with Gasteiger partial charge in [0.15, 0.2) is 0 Å². The van der Waals surface area contributed by atoms with Crippen molar-refractivity contribution in [2.24, 2.45) is 5.92 Å². The van der Waals surface area contributed by atoms with Gasteiger partial charge in [-0.25, -0.2) is 0 Å². The van der Waals surface area contributed by atoms with Crippen LogP contribution in [-0.4, -0.2) is 73.1 Å². The zero-order chi connectivity index (χ0) is 20.5. The quantitative estimate of drug-likeness (QED) is 0.763. The van der Waals surface area contributed by atoms with Crippen molar-refractivity contribution in [2.45, 2.75) is 31.3 Å². The number of piperidine rings is 1. The summed E-state index contributed by atoms with van der Waals surface area (Å²) in [6, 6.07) is 5.90. The van der Waals surface area contributed by atoms with E-state index in [1.165, 1.54) is 0 Å². The third-order valence-electron chi connectivity index (χ3n) is 6.33. The molecule has 0 aromatic heterocycles. The van der Waals surface area contributed by atoms with Crippen LogP contribution in [0.2, 0.25) is 5.02 Å². The Bertz CT molecular complexity index is 808. The number of hydrogen-bond donors (Lipinski definition) is 1. The van der Waals surface area contributed by atoms with Gasteiger partial charge in [-0.2, -0.15) is 0 Å². The summed E-state index contributed by atoms with van der Waals surface area (Å²) >= 11 is 6.57. The average molecular weight is 418 g/mol. The first-order valence-corrected chi connectivity index (χ1v) is 10.7. The minimum Gasteiger partial charge on any atom is -0.378 e. The molecule has 4 rings (SSSR count). The normalized spacial score (nSPS) is 29.7. The van der Waals surface area contributed by atoms with Crippen LogP contribution in [0.25, 0.3) is 0 Å². The molecule has 29 heavy (non-hydrogen) atoms. The van der Waals surface area contributed by atoms with Gasteiger partial charge in [-0.15, -0.1) is 6.58 Å². The van der Waals surface area contributed by atoms with Crippen molar-refractivity contribution in [3.63, 3.8) is 0 Å². The molecule has 3 heterocycles. The first-order valence-electron chi connectivity index (χ1n) is 10.3. The second kappa shape index (κ2) is 8.46. The summed E-state index contributed by atoms with van der Waals surface area (Å²) in [6.07, 6.45) is 2.72. The average Bonchev–Trinajstić information content (AvgIpc) is 3.12. The Hall–Kier alpha value is -1.89. The topological polar surface area (TPSA) is 61.9 Å². The minimum atomic E-state index is -0.169. The standard InChI is InChI=1S/C22H28ClN3O3/c1-3-6-26-13-18(17-11-14(2)24-20(17)22(26)28)15-4-5-16(19(23)12-15)21(27)25-7-9-29-10-8-25/h3-5,12,14,17-18,20,24H,1,6-11,13H2,2H3. The number of halogens is 1. The van der Waals surface area contributed by atoms with E-state index in [9.17, 15) is 9.59 Å². The van der Waals surface area contributed by atoms with Gasteiger partial charge >= 0.3 is 0 Å². The summed E-state index contributed by atoms with van der Waals surface area (Å²) < 4.78 is 5.33. The van der Waals surface area contributed by atoms with E-state index in [1.54, 1.807) is 11.0 Å². The number of nitrogens with one attached hydrogen (secondary N) is 1. The SMILES string of the molecule is C=CCN1CC(c2ccc(C(=O)N3CCOCC3)c(Cl)c2)C2CC(C)NC2C1=O. The number of fused-ring (bicyclic) bond motifs is 1. The molecule has 0 radical (unpaired) electrons. The first-order chi connectivity index (χ1) is 14.0. The van der Waals surface area contributed by atoms with Crippen molar-refractivity contribution in [3.05, 3.63) is 47.0 Å². The smallest absolute Gasteiger partial charge is 0.255 e. The Kier molecular flexibility index (Phi) is 5.95. The summed E-state index contributed by atoms with van der Waals surface area (Å²) in [5.74, 6) is 0.516. The van der Waals surface area contributed by atoms with Crippen LogP contribution in [0.4, 0.5) is 0 Å². The molecule has 3 saturated heterocycles. The van der Waals surface area contributed by atoms with Crippen molar-refractivity contribution in [1.82, 2.24) is 15.1 Å². The monoisotopic (exact) mass is 417 g/mol. The van der Waals surface area contributed by atoms with E-state index < -0.39 is 0 Å². The lowest BCUT2D eigenvalue weighted by Gasteiger charge is -2.40. The molecule has 0 bridgehead atoms. The lowest BCUT2D eigenvalue weighted by Crippen LogP contribution is -2.54. The largest absolute Gasteiger partial charge is 0.378 e. The minimum absolute atomic E-state index is 0.0500. The Balaban J connectivity index is 1.59. The summed E-state index contributed by atoms with van der Waals surface area (Å²) in [7, 11) is 0. The highest BCUT2D eigenvalue weighted by molar-refractivity contribution is 6.33. The van der Waals surface area contributed by atoms with Gasteiger partial charge in [0.25, 0.3) is 5.91 Å². The maximum atomic E-state index is 12.8. The molecule has 1 N–H and O–H groups in total. The molecule has 0 spiro atoms. The van der Waals surface area contributed by atoms with Crippen molar-refractivity contribution in [2.75, 3.05) is 39.4 Å². The number of benzene rings is 1. The highest BCUT2D eigenvalue weighted by atomic mass is 35.5. The number of amides is 2. The van der Waals surface area contributed by atoms with Gasteiger partial charge in [-0.05, 0) is 37.0 Å². The van der Waals surface area contributed by atoms with Crippen LogP contribution < -0.4 is 5.32 Å². The van der Waals surface area contributed by atoms with Gasteiger partial charge in [-0.1, -0.05) is 23.7 Å². The number of carbonyl (C=O) groups excluding carboxylic acids is 2. The molecule has 7 heteroatoms. The maximum Gasteiger partial charge on any atom is 0.255 e. The van der Waals surface area contributed by atoms with Crippen molar-refractivity contribution >= 4 is 23.4 Å². The number of ether oxygens (including phenoxy) is 1. The third-order valence-corrected chi connectivity index (χ3v) is 6.64. The third kappa shape index (κ3) is 3.93. The molecule has 2 amide bonds. The van der Waals surface area contributed by atoms with E-state index in [0.717, 1.165) is 12.0 Å². The zero-order valence-electron chi connectivity index (χ0n) is 16.8. The van der Waals surface area contributed by atoms with Gasteiger partial charge < -0.3 is 19.9 Å². The van der Waals surface area contributed by atoms with Crippen molar-refractivity contribution in [3.8, 4) is 0 Å². The summed E-state index contributed by atoms with van der Waals surface area (Å²) in [4.78, 5) is 29.3. The number of morpholine rings is 1. The lowest BCUT2D eigenvalue weighted by atomic mass is 9.77. The van der Waals surface area contributed by atoms with E-state index in [1.807, 2.05) is 23.1 Å². The maximum absolute atomic E-state index is 12.8. The molecule has 1 aromatic carbocycles. The van der Waals surface area contributed by atoms with E-state index in [4.69, 9.17) is 16.3 Å². The van der Waals surface area contributed by atoms with Crippen LogP contribution in [-0.2, 0) is 9.53 Å². The van der Waals surface area contributed by atoms with Gasteiger partial charge in [0, 0.05) is 38.1 Å². The Morgan fingerprint density at radius 1 is 1.38 bits per heavy atom. The number of carbonyl (C=O) groups is 2. The van der Waals surface area contributed by atoms with Crippen molar-refractivity contribution in [1.29, 1.82) is 0 Å². The predicted octanol–water partition coefficient (Wildman–Crippen LogP) is 2.29. The molecular weight excluding hydrogens is 390 g/mol. The molecule has 0 aliphatic carbocycles. The second-order valence-electron chi connectivity index (χ2n) is 8.23. The second-order valence-corrected chi connectivity index (χ2v) is 8.63. The zero-order valence-corrected chi connectivity index (χ0v) is 17.5. The molecule has 3 aliphatic rings.